The first kappa shape index (κ1) is 19.7. The van der Waals surface area contributed by atoms with Crippen molar-refractivity contribution >= 4 is 28.5 Å². The second-order valence-corrected chi connectivity index (χ2v) is 8.17. The molecular formula is C24H23ClN4O2. The third kappa shape index (κ3) is 3.79. The van der Waals surface area contributed by atoms with Crippen molar-refractivity contribution in [2.75, 3.05) is 6.54 Å². The molecule has 1 aliphatic rings. The maximum atomic E-state index is 13.3. The van der Waals surface area contributed by atoms with E-state index in [0.29, 0.717) is 17.3 Å². The first-order valence-electron chi connectivity index (χ1n) is 10.4. The molecule has 6 nitrogen and oxygen atoms in total. The predicted molar refractivity (Wildman–Crippen MR) is 120 cm³/mol. The Hall–Kier alpha value is -3.25. The van der Waals surface area contributed by atoms with E-state index in [1.807, 2.05) is 51.9 Å². The van der Waals surface area contributed by atoms with E-state index in [1.54, 1.807) is 12.1 Å². The second kappa shape index (κ2) is 8.12. The van der Waals surface area contributed by atoms with Crippen LogP contribution >= 0.6 is 11.6 Å². The minimum atomic E-state index is 0.0415. The lowest BCUT2D eigenvalue weighted by atomic mass is 10.1. The number of carbonyl (C=O) groups is 1. The molecule has 1 atom stereocenters. The van der Waals surface area contributed by atoms with Gasteiger partial charge in [0, 0.05) is 30.0 Å². The molecule has 4 aromatic rings. The number of para-hydroxylation sites is 2. The highest BCUT2D eigenvalue weighted by atomic mass is 35.5. The standard InChI is InChI=1S/C24H23ClN4O2/c1-17-21-7-4-12-27(21)13-14-28(17)24(30)15-29-22-6-3-2-5-20(22)26-23(29)16-31-19-10-8-18(25)9-11-19/h2-12,17H,13-16H2,1H3/t17-/m1/s1. The van der Waals surface area contributed by atoms with E-state index in [-0.39, 0.29) is 25.1 Å². The number of nitrogens with zero attached hydrogens (tertiary/aromatic N) is 4. The molecular weight excluding hydrogens is 412 g/mol. The van der Waals surface area contributed by atoms with E-state index >= 15 is 0 Å². The Morgan fingerprint density at radius 1 is 1.10 bits per heavy atom. The number of hydrogen-bond donors (Lipinski definition) is 0. The Bertz CT molecular complexity index is 1230. The number of carbonyl (C=O) groups excluding carboxylic acids is 1. The van der Waals surface area contributed by atoms with Gasteiger partial charge in [-0.1, -0.05) is 23.7 Å². The number of benzene rings is 2. The van der Waals surface area contributed by atoms with E-state index < -0.39 is 0 Å². The molecule has 0 unspecified atom stereocenters. The maximum absolute atomic E-state index is 13.3. The molecule has 1 aliphatic heterocycles. The van der Waals surface area contributed by atoms with Gasteiger partial charge < -0.3 is 18.8 Å². The fourth-order valence-corrected chi connectivity index (χ4v) is 4.36. The molecule has 0 saturated heterocycles. The lowest BCUT2D eigenvalue weighted by Gasteiger charge is -2.35. The van der Waals surface area contributed by atoms with Gasteiger partial charge in [-0.25, -0.2) is 4.98 Å². The van der Waals surface area contributed by atoms with Crippen molar-refractivity contribution in [1.82, 2.24) is 19.0 Å². The van der Waals surface area contributed by atoms with Gasteiger partial charge >= 0.3 is 0 Å². The fourth-order valence-electron chi connectivity index (χ4n) is 4.24. The molecule has 0 saturated carbocycles. The predicted octanol–water partition coefficient (Wildman–Crippen LogP) is 4.67. The smallest absolute Gasteiger partial charge is 0.243 e. The molecule has 0 aliphatic carbocycles. The summed E-state index contributed by atoms with van der Waals surface area (Å²) in [6, 6.07) is 19.3. The topological polar surface area (TPSA) is 52.3 Å². The first-order valence-corrected chi connectivity index (χ1v) is 10.7. The van der Waals surface area contributed by atoms with E-state index in [0.717, 1.165) is 23.4 Å². The average Bonchev–Trinajstić information content (AvgIpc) is 3.39. The van der Waals surface area contributed by atoms with E-state index in [9.17, 15) is 4.79 Å². The van der Waals surface area contributed by atoms with Crippen LogP contribution < -0.4 is 4.74 Å². The summed E-state index contributed by atoms with van der Waals surface area (Å²) in [7, 11) is 0. The van der Waals surface area contributed by atoms with E-state index in [1.165, 1.54) is 5.69 Å². The summed E-state index contributed by atoms with van der Waals surface area (Å²) in [5.41, 5.74) is 2.95. The zero-order chi connectivity index (χ0) is 21.4. The number of hydrogen-bond acceptors (Lipinski definition) is 3. The minimum absolute atomic E-state index is 0.0415. The van der Waals surface area contributed by atoms with Crippen LogP contribution in [0.15, 0.2) is 66.9 Å². The Kier molecular flexibility index (Phi) is 5.16. The van der Waals surface area contributed by atoms with Crippen molar-refractivity contribution in [1.29, 1.82) is 0 Å². The van der Waals surface area contributed by atoms with Crippen LogP contribution in [0.1, 0.15) is 24.5 Å². The summed E-state index contributed by atoms with van der Waals surface area (Å²) >= 11 is 5.96. The average molecular weight is 435 g/mol. The van der Waals surface area contributed by atoms with Gasteiger partial charge in [0.15, 0.2) is 0 Å². The van der Waals surface area contributed by atoms with Crippen LogP contribution in [0, 0.1) is 0 Å². The Morgan fingerprint density at radius 2 is 1.90 bits per heavy atom. The Morgan fingerprint density at radius 3 is 2.74 bits per heavy atom. The van der Waals surface area contributed by atoms with Crippen molar-refractivity contribution in [2.24, 2.45) is 0 Å². The highest BCUT2D eigenvalue weighted by molar-refractivity contribution is 6.30. The van der Waals surface area contributed by atoms with Crippen LogP contribution in [0.2, 0.25) is 5.02 Å². The number of fused-ring (bicyclic) bond motifs is 2. The Labute approximate surface area is 185 Å². The lowest BCUT2D eigenvalue weighted by molar-refractivity contribution is -0.135. The van der Waals surface area contributed by atoms with Gasteiger partial charge in [0.25, 0.3) is 0 Å². The van der Waals surface area contributed by atoms with Gasteiger partial charge in [-0.15, -0.1) is 0 Å². The number of ether oxygens (including phenoxy) is 1. The molecule has 31 heavy (non-hydrogen) atoms. The van der Waals surface area contributed by atoms with Gasteiger partial charge in [0.1, 0.15) is 24.7 Å². The number of amides is 1. The van der Waals surface area contributed by atoms with Crippen molar-refractivity contribution in [2.45, 2.75) is 32.7 Å². The number of rotatable bonds is 5. The van der Waals surface area contributed by atoms with Crippen molar-refractivity contribution in [3.63, 3.8) is 0 Å². The molecule has 7 heteroatoms. The van der Waals surface area contributed by atoms with Gasteiger partial charge in [-0.3, -0.25) is 4.79 Å². The second-order valence-electron chi connectivity index (χ2n) is 7.74. The SMILES string of the molecule is C[C@@H]1c2cccn2CCN1C(=O)Cn1c(COc2ccc(Cl)cc2)nc2ccccc21. The molecule has 158 valence electrons. The molecule has 2 aromatic heterocycles. The monoisotopic (exact) mass is 434 g/mol. The van der Waals surface area contributed by atoms with Crippen LogP contribution in [0.3, 0.4) is 0 Å². The zero-order valence-electron chi connectivity index (χ0n) is 17.2. The molecule has 0 N–H and O–H groups in total. The molecule has 0 spiro atoms. The quantitative estimate of drug-likeness (QED) is 0.458. The molecule has 0 radical (unpaired) electrons. The van der Waals surface area contributed by atoms with Crippen LogP contribution in [0.25, 0.3) is 11.0 Å². The number of halogens is 1. The first-order chi connectivity index (χ1) is 15.1. The van der Waals surface area contributed by atoms with Crippen molar-refractivity contribution < 1.29 is 9.53 Å². The summed E-state index contributed by atoms with van der Waals surface area (Å²) in [5.74, 6) is 1.51. The lowest BCUT2D eigenvalue weighted by Crippen LogP contribution is -2.42. The number of aromatic nitrogens is 3. The Balaban J connectivity index is 1.40. The van der Waals surface area contributed by atoms with E-state index in [2.05, 4.69) is 23.8 Å². The minimum Gasteiger partial charge on any atom is -0.486 e. The highest BCUT2D eigenvalue weighted by Crippen LogP contribution is 2.26. The molecule has 5 rings (SSSR count). The fraction of sp³-hybridized carbons (Fsp3) is 0.250. The largest absolute Gasteiger partial charge is 0.486 e. The van der Waals surface area contributed by atoms with Gasteiger partial charge in [0.05, 0.1) is 17.1 Å². The van der Waals surface area contributed by atoms with Crippen molar-refractivity contribution in [3.05, 3.63) is 83.4 Å². The summed E-state index contributed by atoms with van der Waals surface area (Å²) in [4.78, 5) is 20.0. The van der Waals surface area contributed by atoms with Crippen LogP contribution in [-0.2, 0) is 24.5 Å². The van der Waals surface area contributed by atoms with Gasteiger partial charge in [0.2, 0.25) is 5.91 Å². The van der Waals surface area contributed by atoms with Crippen molar-refractivity contribution in [3.8, 4) is 5.75 Å². The molecule has 3 heterocycles. The van der Waals surface area contributed by atoms with Crippen LogP contribution in [-0.4, -0.2) is 31.5 Å². The number of imidazole rings is 1. The molecule has 0 bridgehead atoms. The summed E-state index contributed by atoms with van der Waals surface area (Å²) in [5, 5.41) is 0.659. The third-order valence-corrected chi connectivity index (χ3v) is 6.12. The molecule has 2 aromatic carbocycles. The summed E-state index contributed by atoms with van der Waals surface area (Å²) in [6.45, 7) is 4.09. The van der Waals surface area contributed by atoms with Gasteiger partial charge in [-0.05, 0) is 55.5 Å². The van der Waals surface area contributed by atoms with Gasteiger partial charge in [-0.2, -0.15) is 0 Å². The molecule has 1 amide bonds. The van der Waals surface area contributed by atoms with Crippen LogP contribution in [0.5, 0.6) is 5.75 Å². The maximum Gasteiger partial charge on any atom is 0.243 e. The van der Waals surface area contributed by atoms with Crippen LogP contribution in [0.4, 0.5) is 0 Å². The summed E-state index contributed by atoms with van der Waals surface area (Å²) < 4.78 is 10.1. The zero-order valence-corrected chi connectivity index (χ0v) is 18.0. The summed E-state index contributed by atoms with van der Waals surface area (Å²) in [6.07, 6.45) is 2.07. The van der Waals surface area contributed by atoms with E-state index in [4.69, 9.17) is 21.3 Å². The normalized spacial score (nSPS) is 15.8. The highest BCUT2D eigenvalue weighted by Gasteiger charge is 2.28. The molecule has 0 fully saturated rings. The third-order valence-electron chi connectivity index (χ3n) is 5.87.